The van der Waals surface area contributed by atoms with E-state index in [-0.39, 0.29) is 5.91 Å². The third-order valence-electron chi connectivity index (χ3n) is 3.77. The lowest BCUT2D eigenvalue weighted by atomic mass is 10.1. The number of carbonyl (C=O) groups excluding carboxylic acids is 1. The molecular weight excluding hydrogens is 326 g/mol. The van der Waals surface area contributed by atoms with Crippen LogP contribution in [-0.2, 0) is 0 Å². The van der Waals surface area contributed by atoms with E-state index in [0.29, 0.717) is 0 Å². The van der Waals surface area contributed by atoms with E-state index in [4.69, 9.17) is 0 Å². The molecule has 0 aliphatic carbocycles. The molecule has 1 amide bonds. The molecule has 1 aromatic carbocycles. The summed E-state index contributed by atoms with van der Waals surface area (Å²) in [5, 5.41) is 0. The van der Waals surface area contributed by atoms with Crippen molar-refractivity contribution in [3.05, 3.63) is 34.3 Å². The van der Waals surface area contributed by atoms with Gasteiger partial charge in [0, 0.05) is 23.6 Å². The Morgan fingerprint density at radius 2 is 1.67 bits per heavy atom. The minimum absolute atomic E-state index is 0.110. The Hall–Kier alpha value is -0.830. The van der Waals surface area contributed by atoms with Gasteiger partial charge in [-0.3, -0.25) is 4.79 Å². The fourth-order valence-corrected chi connectivity index (χ4v) is 2.83. The summed E-state index contributed by atoms with van der Waals surface area (Å²) in [6.45, 7) is 3.10. The third-order valence-corrected chi connectivity index (χ3v) is 4.26. The Bertz CT molecular complexity index is 419. The summed E-state index contributed by atoms with van der Waals surface area (Å²) in [5.41, 5.74) is 0.756. The highest BCUT2D eigenvalue weighted by atomic mass is 79.9. The Morgan fingerprint density at radius 3 is 2.29 bits per heavy atom. The van der Waals surface area contributed by atoms with E-state index in [1.807, 2.05) is 36.2 Å². The van der Waals surface area contributed by atoms with Crippen LogP contribution in [0.25, 0.3) is 0 Å². The van der Waals surface area contributed by atoms with Gasteiger partial charge in [0.1, 0.15) is 0 Å². The van der Waals surface area contributed by atoms with Crippen LogP contribution in [-0.4, -0.2) is 24.4 Å². The van der Waals surface area contributed by atoms with Gasteiger partial charge in [-0.05, 0) is 24.6 Å². The van der Waals surface area contributed by atoms with Crippen molar-refractivity contribution < 1.29 is 4.79 Å². The highest BCUT2D eigenvalue weighted by Crippen LogP contribution is 2.14. The normalized spacial score (nSPS) is 10.6. The molecule has 3 heteroatoms. The van der Waals surface area contributed by atoms with E-state index in [0.717, 1.165) is 23.0 Å². The average Bonchev–Trinajstić information content (AvgIpc) is 2.49. The Morgan fingerprint density at radius 1 is 1.05 bits per heavy atom. The first kappa shape index (κ1) is 18.2. The minimum atomic E-state index is 0.110. The van der Waals surface area contributed by atoms with E-state index < -0.39 is 0 Å². The highest BCUT2D eigenvalue weighted by molar-refractivity contribution is 9.10. The molecule has 0 heterocycles. The van der Waals surface area contributed by atoms with E-state index in [2.05, 4.69) is 22.9 Å². The Kier molecular flexibility index (Phi) is 9.40. The van der Waals surface area contributed by atoms with Crippen LogP contribution in [0.1, 0.15) is 68.6 Å². The van der Waals surface area contributed by atoms with Gasteiger partial charge < -0.3 is 4.90 Å². The summed E-state index contributed by atoms with van der Waals surface area (Å²) in [5.74, 6) is 0.110. The van der Waals surface area contributed by atoms with Crippen molar-refractivity contribution in [3.63, 3.8) is 0 Å². The van der Waals surface area contributed by atoms with Gasteiger partial charge in [0.2, 0.25) is 0 Å². The predicted octanol–water partition coefficient (Wildman–Crippen LogP) is 5.66. The summed E-state index contributed by atoms with van der Waals surface area (Å²) >= 11 is 3.41. The average molecular weight is 354 g/mol. The zero-order valence-electron chi connectivity index (χ0n) is 13.4. The largest absolute Gasteiger partial charge is 0.342 e. The van der Waals surface area contributed by atoms with Crippen LogP contribution in [0.2, 0.25) is 0 Å². The first-order valence-electron chi connectivity index (χ1n) is 8.16. The molecule has 1 aromatic rings. The maximum Gasteiger partial charge on any atom is 0.253 e. The fraction of sp³-hybridized carbons (Fsp3) is 0.611. The second-order valence-electron chi connectivity index (χ2n) is 5.71. The molecule has 0 fully saturated rings. The maximum absolute atomic E-state index is 12.2. The van der Waals surface area contributed by atoms with E-state index >= 15 is 0 Å². The summed E-state index contributed by atoms with van der Waals surface area (Å²) in [7, 11) is 1.89. The van der Waals surface area contributed by atoms with Crippen molar-refractivity contribution in [1.82, 2.24) is 4.90 Å². The molecule has 1 rings (SSSR count). The first-order chi connectivity index (χ1) is 10.1. The molecule has 0 spiro atoms. The van der Waals surface area contributed by atoms with Gasteiger partial charge in [0.15, 0.2) is 0 Å². The van der Waals surface area contributed by atoms with Gasteiger partial charge in [0.25, 0.3) is 5.91 Å². The summed E-state index contributed by atoms with van der Waals surface area (Å²) < 4.78 is 0.953. The molecule has 0 aliphatic heterocycles. The smallest absolute Gasteiger partial charge is 0.253 e. The molecule has 0 N–H and O–H groups in total. The van der Waals surface area contributed by atoms with Crippen LogP contribution < -0.4 is 0 Å². The minimum Gasteiger partial charge on any atom is -0.342 e. The number of rotatable bonds is 10. The molecule has 0 aliphatic rings. The van der Waals surface area contributed by atoms with Crippen molar-refractivity contribution in [2.75, 3.05) is 13.6 Å². The zero-order chi connectivity index (χ0) is 15.5. The number of hydrogen-bond acceptors (Lipinski definition) is 1. The maximum atomic E-state index is 12.2. The molecule has 21 heavy (non-hydrogen) atoms. The highest BCUT2D eigenvalue weighted by Gasteiger charge is 2.11. The molecule has 0 bridgehead atoms. The Balaban J connectivity index is 2.16. The van der Waals surface area contributed by atoms with Crippen molar-refractivity contribution in [2.24, 2.45) is 0 Å². The number of unbranched alkanes of at least 4 members (excludes halogenated alkanes) is 7. The number of amides is 1. The van der Waals surface area contributed by atoms with Crippen LogP contribution in [0.5, 0.6) is 0 Å². The van der Waals surface area contributed by atoms with Crippen LogP contribution in [0.15, 0.2) is 28.7 Å². The van der Waals surface area contributed by atoms with Gasteiger partial charge in [-0.25, -0.2) is 0 Å². The van der Waals surface area contributed by atoms with Gasteiger partial charge in [-0.1, -0.05) is 73.9 Å². The third kappa shape index (κ3) is 7.66. The molecular formula is C18H28BrNO. The van der Waals surface area contributed by atoms with E-state index in [1.165, 1.54) is 44.9 Å². The van der Waals surface area contributed by atoms with Crippen LogP contribution in [0.4, 0.5) is 0 Å². The van der Waals surface area contributed by atoms with E-state index in [1.54, 1.807) is 0 Å². The van der Waals surface area contributed by atoms with Crippen molar-refractivity contribution in [1.29, 1.82) is 0 Å². The van der Waals surface area contributed by atoms with Gasteiger partial charge in [-0.15, -0.1) is 0 Å². The Labute approximate surface area is 138 Å². The number of benzene rings is 1. The lowest BCUT2D eigenvalue weighted by Crippen LogP contribution is -2.27. The lowest BCUT2D eigenvalue weighted by Gasteiger charge is -2.17. The molecule has 0 aromatic heterocycles. The second kappa shape index (κ2) is 10.8. The quantitative estimate of drug-likeness (QED) is 0.496. The molecule has 0 saturated heterocycles. The molecule has 0 unspecified atom stereocenters. The van der Waals surface area contributed by atoms with Crippen LogP contribution in [0, 0.1) is 0 Å². The molecule has 118 valence electrons. The predicted molar refractivity (Wildman–Crippen MR) is 93.7 cm³/mol. The molecule has 0 radical (unpaired) electrons. The fourth-order valence-electron chi connectivity index (χ4n) is 2.43. The van der Waals surface area contributed by atoms with Gasteiger partial charge in [0.05, 0.1) is 0 Å². The molecule has 0 atom stereocenters. The number of halogens is 1. The van der Waals surface area contributed by atoms with Crippen LogP contribution in [0.3, 0.4) is 0 Å². The molecule has 0 saturated carbocycles. The molecule has 2 nitrogen and oxygen atoms in total. The number of hydrogen-bond donors (Lipinski definition) is 0. The lowest BCUT2D eigenvalue weighted by molar-refractivity contribution is 0.0792. The van der Waals surface area contributed by atoms with Crippen molar-refractivity contribution >= 4 is 21.8 Å². The van der Waals surface area contributed by atoms with Gasteiger partial charge >= 0.3 is 0 Å². The standard InChI is InChI=1S/C18H28BrNO/c1-3-4-5-6-7-8-9-10-14-20(2)18(21)16-12-11-13-17(19)15-16/h11-13,15H,3-10,14H2,1-2H3. The second-order valence-corrected chi connectivity index (χ2v) is 6.63. The first-order valence-corrected chi connectivity index (χ1v) is 8.95. The summed E-state index contributed by atoms with van der Waals surface area (Å²) in [6, 6.07) is 7.60. The zero-order valence-corrected chi connectivity index (χ0v) is 15.0. The SMILES string of the molecule is CCCCCCCCCCN(C)C(=O)c1cccc(Br)c1. The van der Waals surface area contributed by atoms with Gasteiger partial charge in [-0.2, -0.15) is 0 Å². The van der Waals surface area contributed by atoms with Crippen LogP contribution >= 0.6 is 15.9 Å². The van der Waals surface area contributed by atoms with E-state index in [9.17, 15) is 4.79 Å². The topological polar surface area (TPSA) is 20.3 Å². The van der Waals surface area contributed by atoms with Crippen molar-refractivity contribution in [3.8, 4) is 0 Å². The number of nitrogens with zero attached hydrogens (tertiary/aromatic N) is 1. The van der Waals surface area contributed by atoms with Crippen molar-refractivity contribution in [2.45, 2.75) is 58.3 Å². The number of carbonyl (C=O) groups is 1. The summed E-state index contributed by atoms with van der Waals surface area (Å²) in [6.07, 6.45) is 10.4. The monoisotopic (exact) mass is 353 g/mol. The summed E-state index contributed by atoms with van der Waals surface area (Å²) in [4.78, 5) is 14.1.